The van der Waals surface area contributed by atoms with Gasteiger partial charge in [0.25, 0.3) is 0 Å². The molecule has 0 saturated carbocycles. The number of amides is 2. The Morgan fingerprint density at radius 2 is 1.96 bits per heavy atom. The molecule has 1 saturated heterocycles. The molecule has 26 heavy (non-hydrogen) atoms. The summed E-state index contributed by atoms with van der Waals surface area (Å²) in [6.07, 6.45) is 0. The first-order chi connectivity index (χ1) is 12.1. The molecule has 3 rings (SSSR count). The van der Waals surface area contributed by atoms with E-state index in [1.165, 1.54) is 0 Å². The number of fused-ring (bicyclic) bond motifs is 1. The summed E-state index contributed by atoms with van der Waals surface area (Å²) in [5.74, 6) is 1.42. The third kappa shape index (κ3) is 4.59. The lowest BCUT2D eigenvalue weighted by Crippen LogP contribution is -2.51. The van der Waals surface area contributed by atoms with Crippen LogP contribution < -0.4 is 20.1 Å². The molecule has 1 unspecified atom stereocenters. The lowest BCUT2D eigenvalue weighted by atomic mass is 9.88. The molecule has 0 bridgehead atoms. The summed E-state index contributed by atoms with van der Waals surface area (Å²) >= 11 is 0. The predicted molar refractivity (Wildman–Crippen MR) is 101 cm³/mol. The normalized spacial score (nSPS) is 16.7. The largest absolute Gasteiger partial charge is 0.486 e. The summed E-state index contributed by atoms with van der Waals surface area (Å²) in [4.78, 5) is 26.5. The Kier molecular flexibility index (Phi) is 7.11. The molecule has 2 amide bonds. The van der Waals surface area contributed by atoms with Crippen molar-refractivity contribution in [1.82, 2.24) is 10.2 Å². The van der Waals surface area contributed by atoms with Crippen LogP contribution in [-0.2, 0) is 9.59 Å². The van der Waals surface area contributed by atoms with Gasteiger partial charge in [-0.2, -0.15) is 0 Å². The molecule has 2 N–H and O–H groups in total. The number of carbonyl (C=O) groups is 2. The van der Waals surface area contributed by atoms with Gasteiger partial charge in [0.2, 0.25) is 11.8 Å². The monoisotopic (exact) mass is 383 g/mol. The van der Waals surface area contributed by atoms with Crippen LogP contribution in [0.2, 0.25) is 0 Å². The lowest BCUT2D eigenvalue weighted by molar-refractivity contribution is -0.139. The van der Waals surface area contributed by atoms with Crippen molar-refractivity contribution in [1.29, 1.82) is 0 Å². The predicted octanol–water partition coefficient (Wildman–Crippen LogP) is 1.52. The van der Waals surface area contributed by atoms with E-state index in [0.717, 1.165) is 13.1 Å². The number of nitrogens with zero attached hydrogens (tertiary/aromatic N) is 1. The van der Waals surface area contributed by atoms with Crippen LogP contribution in [0.25, 0.3) is 0 Å². The molecule has 2 heterocycles. The van der Waals surface area contributed by atoms with Gasteiger partial charge in [-0.15, -0.1) is 12.4 Å². The zero-order valence-corrected chi connectivity index (χ0v) is 15.9. The van der Waals surface area contributed by atoms with Crippen LogP contribution in [0.4, 0.5) is 5.69 Å². The molecule has 0 radical (unpaired) electrons. The fourth-order valence-electron chi connectivity index (χ4n) is 2.99. The van der Waals surface area contributed by atoms with Gasteiger partial charge in [0.1, 0.15) is 13.2 Å². The molecule has 0 aliphatic carbocycles. The van der Waals surface area contributed by atoms with Crippen molar-refractivity contribution < 1.29 is 19.1 Å². The molecule has 1 fully saturated rings. The maximum Gasteiger partial charge on any atom is 0.243 e. The highest BCUT2D eigenvalue weighted by Crippen LogP contribution is 2.32. The average Bonchev–Trinajstić information content (AvgIpc) is 2.57. The molecule has 2 aliphatic heterocycles. The standard InChI is InChI=1S/C18H25N3O4.ClH/c1-3-21(18(23)12(2)13-9-19-10-13)11-17(22)20-14-4-5-15-16(8-14)25-7-6-24-15;/h4-5,8,12-13,19H,3,6-7,9-11H2,1-2H3,(H,20,22);1H. The summed E-state index contributed by atoms with van der Waals surface area (Å²) in [6.45, 7) is 7.15. The van der Waals surface area contributed by atoms with Crippen LogP contribution in [0.1, 0.15) is 13.8 Å². The number of nitrogens with one attached hydrogen (secondary N) is 2. The van der Waals surface area contributed by atoms with Crippen LogP contribution in [-0.4, -0.2) is 56.1 Å². The molecule has 1 atom stereocenters. The molecule has 8 heteroatoms. The molecule has 2 aliphatic rings. The van der Waals surface area contributed by atoms with Crippen LogP contribution in [0, 0.1) is 11.8 Å². The quantitative estimate of drug-likeness (QED) is 0.778. The number of hydrogen-bond donors (Lipinski definition) is 2. The van der Waals surface area contributed by atoms with Crippen LogP contribution in [0.15, 0.2) is 18.2 Å². The van der Waals surface area contributed by atoms with Crippen molar-refractivity contribution in [2.24, 2.45) is 11.8 Å². The number of anilines is 1. The van der Waals surface area contributed by atoms with Gasteiger partial charge in [-0.05, 0) is 38.1 Å². The lowest BCUT2D eigenvalue weighted by Gasteiger charge is -2.34. The molecule has 144 valence electrons. The van der Waals surface area contributed by atoms with E-state index in [9.17, 15) is 9.59 Å². The van der Waals surface area contributed by atoms with Gasteiger partial charge in [0, 0.05) is 24.2 Å². The second-order valence-electron chi connectivity index (χ2n) is 6.47. The average molecular weight is 384 g/mol. The number of carbonyl (C=O) groups excluding carboxylic acids is 2. The maximum absolute atomic E-state index is 12.6. The van der Waals surface area contributed by atoms with Crippen molar-refractivity contribution >= 4 is 29.9 Å². The number of halogens is 1. The summed E-state index contributed by atoms with van der Waals surface area (Å²) in [7, 11) is 0. The van der Waals surface area contributed by atoms with Crippen molar-refractivity contribution in [3.05, 3.63) is 18.2 Å². The molecule has 0 spiro atoms. The second-order valence-corrected chi connectivity index (χ2v) is 6.47. The van der Waals surface area contributed by atoms with Gasteiger partial charge in [-0.25, -0.2) is 0 Å². The maximum atomic E-state index is 12.6. The Labute approximate surface area is 159 Å². The summed E-state index contributed by atoms with van der Waals surface area (Å²) in [5.41, 5.74) is 0.633. The molecule has 1 aromatic carbocycles. The van der Waals surface area contributed by atoms with E-state index in [1.54, 1.807) is 23.1 Å². The number of benzene rings is 1. The van der Waals surface area contributed by atoms with Gasteiger partial charge in [0.15, 0.2) is 11.5 Å². The molecular formula is C18H26ClN3O4. The van der Waals surface area contributed by atoms with Crippen molar-refractivity contribution in [2.75, 3.05) is 44.7 Å². The second kappa shape index (κ2) is 9.09. The zero-order chi connectivity index (χ0) is 17.8. The first kappa shape index (κ1) is 20.3. The highest BCUT2D eigenvalue weighted by atomic mass is 35.5. The Morgan fingerprint density at radius 1 is 1.27 bits per heavy atom. The van der Waals surface area contributed by atoms with Gasteiger partial charge >= 0.3 is 0 Å². The van der Waals surface area contributed by atoms with Gasteiger partial charge in [-0.3, -0.25) is 9.59 Å². The Balaban J connectivity index is 0.00000243. The first-order valence-corrected chi connectivity index (χ1v) is 8.77. The minimum absolute atomic E-state index is 0. The van der Waals surface area contributed by atoms with E-state index in [4.69, 9.17) is 9.47 Å². The smallest absolute Gasteiger partial charge is 0.243 e. The van der Waals surface area contributed by atoms with E-state index >= 15 is 0 Å². The SMILES string of the molecule is CCN(CC(=O)Nc1ccc2c(c1)OCCO2)C(=O)C(C)C1CNC1.Cl. The third-order valence-electron chi connectivity index (χ3n) is 4.76. The van der Waals surface area contributed by atoms with E-state index < -0.39 is 0 Å². The number of rotatable bonds is 6. The number of hydrogen-bond acceptors (Lipinski definition) is 5. The number of ether oxygens (including phenoxy) is 2. The van der Waals surface area contributed by atoms with Crippen LogP contribution in [0.5, 0.6) is 11.5 Å². The van der Waals surface area contributed by atoms with Gasteiger partial charge < -0.3 is 25.0 Å². The Hall–Kier alpha value is -1.99. The highest BCUT2D eigenvalue weighted by Gasteiger charge is 2.31. The minimum Gasteiger partial charge on any atom is -0.486 e. The topological polar surface area (TPSA) is 79.9 Å². The minimum atomic E-state index is -0.217. The van der Waals surface area contributed by atoms with E-state index in [-0.39, 0.29) is 36.7 Å². The van der Waals surface area contributed by atoms with Gasteiger partial charge in [-0.1, -0.05) is 6.92 Å². The van der Waals surface area contributed by atoms with Gasteiger partial charge in [0.05, 0.1) is 6.54 Å². The molecule has 1 aromatic rings. The fraction of sp³-hybridized carbons (Fsp3) is 0.556. The van der Waals surface area contributed by atoms with Crippen molar-refractivity contribution in [2.45, 2.75) is 13.8 Å². The first-order valence-electron chi connectivity index (χ1n) is 8.77. The molecular weight excluding hydrogens is 358 g/mol. The third-order valence-corrected chi connectivity index (χ3v) is 4.76. The highest BCUT2D eigenvalue weighted by molar-refractivity contribution is 5.95. The summed E-state index contributed by atoms with van der Waals surface area (Å²) in [5, 5.41) is 6.01. The molecule has 7 nitrogen and oxygen atoms in total. The Bertz CT molecular complexity index is 651. The van der Waals surface area contributed by atoms with Crippen molar-refractivity contribution in [3.8, 4) is 11.5 Å². The van der Waals surface area contributed by atoms with Crippen LogP contribution >= 0.6 is 12.4 Å². The van der Waals surface area contributed by atoms with Crippen molar-refractivity contribution in [3.63, 3.8) is 0 Å². The van der Waals surface area contributed by atoms with E-state index in [0.29, 0.717) is 42.9 Å². The van der Waals surface area contributed by atoms with Crippen LogP contribution in [0.3, 0.4) is 0 Å². The molecule has 0 aromatic heterocycles. The van der Waals surface area contributed by atoms with E-state index in [1.807, 2.05) is 13.8 Å². The Morgan fingerprint density at radius 3 is 2.58 bits per heavy atom. The summed E-state index contributed by atoms with van der Waals surface area (Å²) < 4.78 is 11.0. The fourth-order valence-corrected chi connectivity index (χ4v) is 2.99. The summed E-state index contributed by atoms with van der Waals surface area (Å²) in [6, 6.07) is 5.29. The van der Waals surface area contributed by atoms with E-state index in [2.05, 4.69) is 10.6 Å². The number of likely N-dealkylation sites (N-methyl/N-ethyl adjacent to an activating group) is 1. The zero-order valence-electron chi connectivity index (χ0n) is 15.1.